The van der Waals surface area contributed by atoms with Crippen LogP contribution < -0.4 is 5.73 Å². The lowest BCUT2D eigenvalue weighted by Crippen LogP contribution is -2.00. The Balaban J connectivity index is 3.03. The lowest BCUT2D eigenvalue weighted by Gasteiger charge is -2.01. The summed E-state index contributed by atoms with van der Waals surface area (Å²) in [4.78, 5) is 3.90. The van der Waals surface area contributed by atoms with Crippen LogP contribution in [0.1, 0.15) is 18.9 Å². The molecule has 0 spiro atoms. The van der Waals surface area contributed by atoms with Crippen LogP contribution in [-0.2, 0) is 7.05 Å². The zero-order valence-electron chi connectivity index (χ0n) is 6.07. The molecular weight excluding hydrogens is 130 g/mol. The highest BCUT2D eigenvalue weighted by Gasteiger charge is 2.07. The van der Waals surface area contributed by atoms with Gasteiger partial charge in [-0.25, -0.2) is 4.98 Å². The van der Waals surface area contributed by atoms with Gasteiger partial charge in [-0.2, -0.15) is 0 Å². The van der Waals surface area contributed by atoms with Crippen molar-refractivity contribution in [3.05, 3.63) is 12.0 Å². The molecule has 1 unspecified atom stereocenters. The van der Waals surface area contributed by atoms with Gasteiger partial charge in [0.1, 0.15) is 17.7 Å². The lowest BCUT2D eigenvalue weighted by molar-refractivity contribution is 0.185. The van der Waals surface area contributed by atoms with E-state index in [9.17, 15) is 0 Å². The van der Waals surface area contributed by atoms with E-state index < -0.39 is 6.10 Å². The van der Waals surface area contributed by atoms with Crippen LogP contribution in [-0.4, -0.2) is 14.7 Å². The molecule has 1 heterocycles. The molecule has 1 rings (SSSR count). The third-order valence-electron chi connectivity index (χ3n) is 1.30. The van der Waals surface area contributed by atoms with Crippen LogP contribution in [0.5, 0.6) is 0 Å². The SMILES string of the molecule is CC(O)c1nc(N)cn1C. The Kier molecular flexibility index (Phi) is 1.63. The Bertz CT molecular complexity index is 229. The Morgan fingerprint density at radius 3 is 2.60 bits per heavy atom. The van der Waals surface area contributed by atoms with Crippen molar-refractivity contribution in [1.29, 1.82) is 0 Å². The molecule has 4 heteroatoms. The van der Waals surface area contributed by atoms with E-state index in [-0.39, 0.29) is 0 Å². The van der Waals surface area contributed by atoms with Crippen molar-refractivity contribution in [2.75, 3.05) is 5.73 Å². The Hall–Kier alpha value is -1.03. The Labute approximate surface area is 59.3 Å². The first-order chi connectivity index (χ1) is 4.61. The number of rotatable bonds is 1. The maximum absolute atomic E-state index is 9.08. The van der Waals surface area contributed by atoms with Gasteiger partial charge in [0.15, 0.2) is 0 Å². The zero-order chi connectivity index (χ0) is 7.72. The van der Waals surface area contributed by atoms with Crippen LogP contribution >= 0.6 is 0 Å². The van der Waals surface area contributed by atoms with Gasteiger partial charge >= 0.3 is 0 Å². The lowest BCUT2D eigenvalue weighted by atomic mass is 10.4. The van der Waals surface area contributed by atoms with E-state index in [1.165, 1.54) is 0 Å². The van der Waals surface area contributed by atoms with Gasteiger partial charge in [0.05, 0.1) is 0 Å². The van der Waals surface area contributed by atoms with Crippen LogP contribution in [0.15, 0.2) is 6.20 Å². The van der Waals surface area contributed by atoms with Gasteiger partial charge in [-0.15, -0.1) is 0 Å². The fourth-order valence-electron chi connectivity index (χ4n) is 0.893. The highest BCUT2D eigenvalue weighted by molar-refractivity contribution is 5.26. The van der Waals surface area contributed by atoms with Crippen molar-refractivity contribution in [3.8, 4) is 0 Å². The molecule has 0 aliphatic carbocycles. The van der Waals surface area contributed by atoms with E-state index >= 15 is 0 Å². The minimum Gasteiger partial charge on any atom is -0.385 e. The summed E-state index contributed by atoms with van der Waals surface area (Å²) in [6.07, 6.45) is 1.12. The summed E-state index contributed by atoms with van der Waals surface area (Å²) in [6.45, 7) is 1.65. The molecule has 0 aliphatic rings. The highest BCUT2D eigenvalue weighted by atomic mass is 16.3. The number of aliphatic hydroxyl groups excluding tert-OH is 1. The van der Waals surface area contributed by atoms with Crippen molar-refractivity contribution < 1.29 is 5.11 Å². The van der Waals surface area contributed by atoms with Gasteiger partial charge in [0, 0.05) is 13.2 Å². The smallest absolute Gasteiger partial charge is 0.142 e. The van der Waals surface area contributed by atoms with Gasteiger partial charge in [-0.1, -0.05) is 0 Å². The molecule has 10 heavy (non-hydrogen) atoms. The van der Waals surface area contributed by atoms with Gasteiger partial charge in [0.25, 0.3) is 0 Å². The largest absolute Gasteiger partial charge is 0.385 e. The standard InChI is InChI=1S/C6H11N3O/c1-4(10)6-8-5(7)3-9(6)2/h3-4,10H,7H2,1-2H3. The number of aryl methyl sites for hydroxylation is 1. The molecule has 0 amide bonds. The molecule has 0 radical (unpaired) electrons. The number of imidazole rings is 1. The fraction of sp³-hybridized carbons (Fsp3) is 0.500. The number of nitrogens with two attached hydrogens (primary N) is 1. The molecule has 1 atom stereocenters. The molecule has 3 N–H and O–H groups in total. The van der Waals surface area contributed by atoms with E-state index in [0.717, 1.165) is 0 Å². The molecule has 1 aromatic rings. The first-order valence-electron chi connectivity index (χ1n) is 3.08. The number of anilines is 1. The van der Waals surface area contributed by atoms with Crippen LogP contribution in [0, 0.1) is 0 Å². The van der Waals surface area contributed by atoms with E-state index in [1.807, 2.05) is 0 Å². The van der Waals surface area contributed by atoms with Crippen molar-refractivity contribution in [2.24, 2.45) is 7.05 Å². The van der Waals surface area contributed by atoms with Crippen molar-refractivity contribution in [2.45, 2.75) is 13.0 Å². The van der Waals surface area contributed by atoms with E-state index in [2.05, 4.69) is 4.98 Å². The summed E-state index contributed by atoms with van der Waals surface area (Å²) >= 11 is 0. The predicted molar refractivity (Wildman–Crippen MR) is 38.3 cm³/mol. The quantitative estimate of drug-likeness (QED) is 0.581. The minimum atomic E-state index is -0.553. The van der Waals surface area contributed by atoms with Crippen molar-refractivity contribution in [3.63, 3.8) is 0 Å². The number of nitrogens with zero attached hydrogens (tertiary/aromatic N) is 2. The first kappa shape index (κ1) is 7.08. The zero-order valence-corrected chi connectivity index (χ0v) is 6.07. The van der Waals surface area contributed by atoms with Gasteiger partial charge in [-0.3, -0.25) is 0 Å². The monoisotopic (exact) mass is 141 g/mol. The second-order valence-corrected chi connectivity index (χ2v) is 2.31. The van der Waals surface area contributed by atoms with Crippen molar-refractivity contribution in [1.82, 2.24) is 9.55 Å². The Morgan fingerprint density at radius 2 is 2.40 bits per heavy atom. The van der Waals surface area contributed by atoms with Crippen LogP contribution in [0.2, 0.25) is 0 Å². The molecular formula is C6H11N3O. The maximum Gasteiger partial charge on any atom is 0.142 e. The summed E-state index contributed by atoms with van der Waals surface area (Å²) in [6, 6.07) is 0. The van der Waals surface area contributed by atoms with Crippen LogP contribution in [0.4, 0.5) is 5.82 Å². The molecule has 1 aromatic heterocycles. The first-order valence-corrected chi connectivity index (χ1v) is 3.08. The van der Waals surface area contributed by atoms with E-state index in [0.29, 0.717) is 11.6 Å². The second-order valence-electron chi connectivity index (χ2n) is 2.31. The second kappa shape index (κ2) is 2.30. The molecule has 0 fully saturated rings. The number of aliphatic hydroxyl groups is 1. The molecule has 0 saturated heterocycles. The number of aromatic nitrogens is 2. The third-order valence-corrected chi connectivity index (χ3v) is 1.30. The maximum atomic E-state index is 9.08. The molecule has 56 valence electrons. The molecule has 0 saturated carbocycles. The predicted octanol–water partition coefficient (Wildman–Crippen LogP) is 0.0556. The average Bonchev–Trinajstić information content (AvgIpc) is 2.10. The number of nitrogen functional groups attached to an aromatic ring is 1. The van der Waals surface area contributed by atoms with Gasteiger partial charge < -0.3 is 15.4 Å². The van der Waals surface area contributed by atoms with E-state index in [4.69, 9.17) is 10.8 Å². The molecule has 0 bridgehead atoms. The Morgan fingerprint density at radius 1 is 1.80 bits per heavy atom. The van der Waals surface area contributed by atoms with Crippen molar-refractivity contribution >= 4 is 5.82 Å². The van der Waals surface area contributed by atoms with Gasteiger partial charge in [0.2, 0.25) is 0 Å². The summed E-state index contributed by atoms with van der Waals surface area (Å²) in [5, 5.41) is 9.08. The average molecular weight is 141 g/mol. The topological polar surface area (TPSA) is 64.1 Å². The fourth-order valence-corrected chi connectivity index (χ4v) is 0.893. The van der Waals surface area contributed by atoms with Crippen LogP contribution in [0.3, 0.4) is 0 Å². The molecule has 0 aliphatic heterocycles. The van der Waals surface area contributed by atoms with E-state index in [1.54, 1.807) is 24.7 Å². The summed E-state index contributed by atoms with van der Waals surface area (Å²) < 4.78 is 1.71. The molecule has 4 nitrogen and oxygen atoms in total. The minimum absolute atomic E-state index is 0.443. The summed E-state index contributed by atoms with van der Waals surface area (Å²) in [7, 11) is 1.80. The number of hydrogen-bond donors (Lipinski definition) is 2. The third kappa shape index (κ3) is 1.11. The normalized spacial score (nSPS) is 13.5. The highest BCUT2D eigenvalue weighted by Crippen LogP contribution is 2.10. The number of hydrogen-bond acceptors (Lipinski definition) is 3. The van der Waals surface area contributed by atoms with Crippen LogP contribution in [0.25, 0.3) is 0 Å². The molecule has 0 aromatic carbocycles. The summed E-state index contributed by atoms with van der Waals surface area (Å²) in [5.74, 6) is 1.04. The van der Waals surface area contributed by atoms with Gasteiger partial charge in [-0.05, 0) is 6.92 Å². The summed E-state index contributed by atoms with van der Waals surface area (Å²) in [5.41, 5.74) is 5.37.